The number of amides is 1. The Balaban J connectivity index is 2.77. The molecule has 9 heavy (non-hydrogen) atoms. The Morgan fingerprint density at radius 2 is 2.67 bits per heavy atom. The van der Waals surface area contributed by atoms with Crippen molar-refractivity contribution in [3.63, 3.8) is 0 Å². The minimum absolute atomic E-state index is 0.102. The summed E-state index contributed by atoms with van der Waals surface area (Å²) >= 11 is 4.96. The Hall–Kier alpha value is -1.03. The molecule has 0 aliphatic heterocycles. The minimum atomic E-state index is -0.492. The number of aromatic nitrogens is 1. The topological polar surface area (TPSA) is 55.1 Å². The fraction of sp³-hybridized carbons (Fsp3) is 0. The van der Waals surface area contributed by atoms with Crippen molar-refractivity contribution in [1.29, 1.82) is 0 Å². The highest BCUT2D eigenvalue weighted by Gasteiger charge is 2.05. The first-order chi connectivity index (χ1) is 4.34. The van der Waals surface area contributed by atoms with Gasteiger partial charge in [0.25, 0.3) is 0 Å². The van der Waals surface area contributed by atoms with Crippen LogP contribution < -0.4 is 4.84 Å². The highest BCUT2D eigenvalue weighted by atomic mass is 35.5. The predicted molar refractivity (Wildman–Crippen MR) is 29.8 cm³/mol. The first kappa shape index (κ1) is 6.10. The second-order valence-electron chi connectivity index (χ2n) is 1.30. The van der Waals surface area contributed by atoms with Crippen LogP contribution in [0.4, 0.5) is 0 Å². The average molecular weight is 147 g/mol. The summed E-state index contributed by atoms with van der Waals surface area (Å²) in [5, 5.41) is 3.30. The molecule has 0 atom stereocenters. The second kappa shape index (κ2) is 2.50. The monoisotopic (exact) mass is 146 g/mol. The molecule has 0 saturated carbocycles. The molecule has 0 unspecified atom stereocenters. The van der Waals surface area contributed by atoms with Gasteiger partial charge < -0.3 is 4.52 Å². The fourth-order valence-electron chi connectivity index (χ4n) is 0.379. The van der Waals surface area contributed by atoms with Gasteiger partial charge >= 0.3 is 5.91 Å². The van der Waals surface area contributed by atoms with E-state index in [2.05, 4.69) is 9.68 Å². The van der Waals surface area contributed by atoms with Gasteiger partial charge in [-0.15, -0.1) is 0 Å². The van der Waals surface area contributed by atoms with Crippen molar-refractivity contribution in [1.82, 2.24) is 9.99 Å². The number of nitrogens with zero attached hydrogens (tertiary/aromatic N) is 1. The van der Waals surface area contributed by atoms with Gasteiger partial charge in [-0.2, -0.15) is 0 Å². The molecular weight excluding hydrogens is 144 g/mol. The molecule has 0 saturated heterocycles. The Morgan fingerprint density at radius 1 is 1.89 bits per heavy atom. The Kier molecular flexibility index (Phi) is 1.69. The zero-order valence-electron chi connectivity index (χ0n) is 4.30. The van der Waals surface area contributed by atoms with E-state index < -0.39 is 5.91 Å². The van der Waals surface area contributed by atoms with Crippen molar-refractivity contribution in [2.24, 2.45) is 0 Å². The van der Waals surface area contributed by atoms with E-state index in [9.17, 15) is 4.79 Å². The number of carbonyl (C=O) groups excluding carboxylic acids is 1. The highest BCUT2D eigenvalue weighted by molar-refractivity contribution is 6.23. The van der Waals surface area contributed by atoms with E-state index in [4.69, 9.17) is 11.8 Å². The summed E-state index contributed by atoms with van der Waals surface area (Å²) in [6.45, 7) is 0. The summed E-state index contributed by atoms with van der Waals surface area (Å²) in [6.07, 6.45) is 1.36. The third-order valence-corrected chi connectivity index (χ3v) is 0.919. The van der Waals surface area contributed by atoms with Crippen LogP contribution in [0.3, 0.4) is 0 Å². The van der Waals surface area contributed by atoms with Crippen LogP contribution in [0, 0.1) is 0 Å². The van der Waals surface area contributed by atoms with Gasteiger partial charge in [-0.1, -0.05) is 5.16 Å². The van der Waals surface area contributed by atoms with E-state index >= 15 is 0 Å². The van der Waals surface area contributed by atoms with Gasteiger partial charge in [0.2, 0.25) is 5.76 Å². The zero-order valence-corrected chi connectivity index (χ0v) is 5.05. The van der Waals surface area contributed by atoms with Crippen LogP contribution in [0.1, 0.15) is 10.6 Å². The molecule has 1 amide bonds. The smallest absolute Gasteiger partial charge is 0.304 e. The van der Waals surface area contributed by atoms with Gasteiger partial charge in [0.1, 0.15) is 0 Å². The SMILES string of the molecule is O=C(NCl)c1ccno1. The first-order valence-corrected chi connectivity index (χ1v) is 2.54. The van der Waals surface area contributed by atoms with Crippen LogP contribution in [0.15, 0.2) is 16.8 Å². The lowest BCUT2D eigenvalue weighted by Crippen LogP contribution is -2.10. The summed E-state index contributed by atoms with van der Waals surface area (Å²) in [6, 6.07) is 1.41. The van der Waals surface area contributed by atoms with Crippen LogP contribution in [-0.2, 0) is 0 Å². The largest absolute Gasteiger partial charge is 0.351 e. The highest BCUT2D eigenvalue weighted by Crippen LogP contribution is 1.95. The third-order valence-electron chi connectivity index (χ3n) is 0.747. The van der Waals surface area contributed by atoms with Crippen molar-refractivity contribution in [2.45, 2.75) is 0 Å². The lowest BCUT2D eigenvalue weighted by atomic mass is 10.5. The van der Waals surface area contributed by atoms with Crippen LogP contribution in [0.5, 0.6) is 0 Å². The first-order valence-electron chi connectivity index (χ1n) is 2.16. The quantitative estimate of drug-likeness (QED) is 0.589. The van der Waals surface area contributed by atoms with Gasteiger partial charge in [-0.05, 0) is 0 Å². The maximum absolute atomic E-state index is 10.5. The van der Waals surface area contributed by atoms with E-state index in [-0.39, 0.29) is 5.76 Å². The molecular formula is C4H3ClN2O2. The number of halogens is 1. The molecule has 0 aliphatic rings. The molecule has 1 rings (SSSR count). The molecule has 0 fully saturated rings. The van der Waals surface area contributed by atoms with E-state index in [0.717, 1.165) is 0 Å². The molecule has 0 bridgehead atoms. The van der Waals surface area contributed by atoms with Gasteiger partial charge in [0.05, 0.1) is 6.20 Å². The van der Waals surface area contributed by atoms with E-state index in [1.165, 1.54) is 12.3 Å². The van der Waals surface area contributed by atoms with Crippen molar-refractivity contribution in [3.8, 4) is 0 Å². The third kappa shape index (κ3) is 1.20. The van der Waals surface area contributed by atoms with E-state index in [1.54, 1.807) is 0 Å². The number of hydrogen-bond acceptors (Lipinski definition) is 3. The zero-order chi connectivity index (χ0) is 6.69. The predicted octanol–water partition coefficient (Wildman–Crippen LogP) is 0.558. The van der Waals surface area contributed by atoms with Crippen LogP contribution in [0.2, 0.25) is 0 Å². The maximum atomic E-state index is 10.5. The number of carbonyl (C=O) groups is 1. The second-order valence-corrected chi connectivity index (χ2v) is 1.49. The normalized spacial score (nSPS) is 9.00. The van der Waals surface area contributed by atoms with Crippen molar-refractivity contribution in [3.05, 3.63) is 18.0 Å². The summed E-state index contributed by atoms with van der Waals surface area (Å²) in [5.41, 5.74) is 0. The van der Waals surface area contributed by atoms with Crippen LogP contribution in [-0.4, -0.2) is 11.1 Å². The molecule has 4 nitrogen and oxygen atoms in total. The van der Waals surface area contributed by atoms with Crippen LogP contribution >= 0.6 is 11.8 Å². The fourth-order valence-corrected chi connectivity index (χ4v) is 0.473. The minimum Gasteiger partial charge on any atom is -0.351 e. The Labute approximate surface area is 55.9 Å². The number of hydrogen-bond donors (Lipinski definition) is 1. The van der Waals surface area contributed by atoms with Crippen molar-refractivity contribution < 1.29 is 9.32 Å². The average Bonchev–Trinajstić information content (AvgIpc) is 2.37. The van der Waals surface area contributed by atoms with E-state index in [1.807, 2.05) is 4.84 Å². The summed E-state index contributed by atoms with van der Waals surface area (Å²) in [4.78, 5) is 12.4. The number of nitrogens with one attached hydrogen (secondary N) is 1. The Bertz CT molecular complexity index is 196. The number of rotatable bonds is 1. The summed E-state index contributed by atoms with van der Waals surface area (Å²) < 4.78 is 4.44. The van der Waals surface area contributed by atoms with Gasteiger partial charge in [-0.25, -0.2) is 0 Å². The van der Waals surface area contributed by atoms with Gasteiger partial charge in [0, 0.05) is 17.8 Å². The molecule has 0 spiro atoms. The van der Waals surface area contributed by atoms with Crippen molar-refractivity contribution in [2.75, 3.05) is 0 Å². The molecule has 1 heterocycles. The van der Waals surface area contributed by atoms with E-state index in [0.29, 0.717) is 0 Å². The standard InChI is InChI=1S/C4H3ClN2O2/c5-7-4(8)3-1-2-6-9-3/h1-2H,(H,7,8). The lowest BCUT2D eigenvalue weighted by Gasteiger charge is -1.85. The molecule has 0 aliphatic carbocycles. The Morgan fingerprint density at radius 3 is 3.11 bits per heavy atom. The molecule has 0 aromatic carbocycles. The van der Waals surface area contributed by atoms with Gasteiger partial charge in [-0.3, -0.25) is 9.63 Å². The molecule has 1 aromatic rings. The molecule has 1 aromatic heterocycles. The van der Waals surface area contributed by atoms with Crippen molar-refractivity contribution >= 4 is 17.7 Å². The summed E-state index contributed by atoms with van der Waals surface area (Å²) in [5.74, 6) is -0.390. The summed E-state index contributed by atoms with van der Waals surface area (Å²) in [7, 11) is 0. The molecule has 0 radical (unpaired) electrons. The van der Waals surface area contributed by atoms with Gasteiger partial charge in [0.15, 0.2) is 0 Å². The van der Waals surface area contributed by atoms with Crippen LogP contribution in [0.25, 0.3) is 0 Å². The molecule has 5 heteroatoms. The maximum Gasteiger partial charge on any atom is 0.304 e. The molecule has 48 valence electrons. The molecule has 1 N–H and O–H groups in total. The lowest BCUT2D eigenvalue weighted by molar-refractivity contribution is 0.0946.